The molecule has 0 saturated heterocycles. The van der Waals surface area contributed by atoms with Gasteiger partial charge >= 0.3 is 0 Å². The Morgan fingerprint density at radius 3 is 1.93 bits per heavy atom. The minimum atomic E-state index is -3.73. The lowest BCUT2D eigenvalue weighted by Crippen LogP contribution is -2.04. The summed E-state index contributed by atoms with van der Waals surface area (Å²) < 4.78 is 64.1. The number of hydrogen-bond acceptors (Lipinski definition) is 11. The van der Waals surface area contributed by atoms with Crippen molar-refractivity contribution in [3.63, 3.8) is 0 Å². The fraction of sp³-hybridized carbons (Fsp3) is 0.258. The maximum Gasteiger partial charge on any atom is 0.204 e. The smallest absolute Gasteiger partial charge is 0.204 e. The van der Waals surface area contributed by atoms with Gasteiger partial charge in [-0.15, -0.1) is 0 Å². The van der Waals surface area contributed by atoms with E-state index in [1.54, 1.807) is 30.3 Å². The molecular weight excluding hydrogens is 658 g/mol. The Morgan fingerprint density at radius 2 is 1.39 bits per heavy atom. The Labute approximate surface area is 265 Å². The molecule has 0 aliphatic heterocycles. The average molecular weight is 693 g/mol. The summed E-state index contributed by atoms with van der Waals surface area (Å²) in [5.41, 5.74) is 1.67. The molecule has 0 spiro atoms. The SMILES string of the molecule is COc1cc(OC)c(C=CS(=O)(=O)Cc2ccc(OC)c(NC=CC(=O)c3cc(OC)c(OC)c(OC)c3Br)c2)c(OC)c1. The molecule has 0 bridgehead atoms. The summed E-state index contributed by atoms with van der Waals surface area (Å²) in [5.74, 6) is 2.04. The summed E-state index contributed by atoms with van der Waals surface area (Å²) in [6.07, 6.45) is 4.16. The van der Waals surface area contributed by atoms with Crippen LogP contribution >= 0.6 is 15.9 Å². The molecule has 44 heavy (non-hydrogen) atoms. The van der Waals surface area contributed by atoms with Crippen molar-refractivity contribution in [1.82, 2.24) is 0 Å². The highest BCUT2D eigenvalue weighted by Gasteiger charge is 2.22. The van der Waals surface area contributed by atoms with Crippen LogP contribution in [-0.2, 0) is 15.6 Å². The first-order chi connectivity index (χ1) is 21.1. The number of methoxy groups -OCH3 is 7. The van der Waals surface area contributed by atoms with Crippen molar-refractivity contribution < 1.29 is 46.4 Å². The summed E-state index contributed by atoms with van der Waals surface area (Å²) in [7, 11) is 6.58. The van der Waals surface area contributed by atoms with Gasteiger partial charge in [-0.25, -0.2) is 8.42 Å². The second-order valence-corrected chi connectivity index (χ2v) is 11.6. The van der Waals surface area contributed by atoms with Crippen LogP contribution in [-0.4, -0.2) is 64.0 Å². The predicted molar refractivity (Wildman–Crippen MR) is 172 cm³/mol. The van der Waals surface area contributed by atoms with Gasteiger partial charge in [0, 0.05) is 35.4 Å². The molecule has 0 fully saturated rings. The zero-order valence-corrected chi connectivity index (χ0v) is 27.8. The first kappa shape index (κ1) is 34.1. The van der Waals surface area contributed by atoms with Crippen molar-refractivity contribution in [2.75, 3.05) is 55.1 Å². The monoisotopic (exact) mass is 691 g/mol. The van der Waals surface area contributed by atoms with Crippen LogP contribution in [0.1, 0.15) is 21.5 Å². The second-order valence-electron chi connectivity index (χ2n) is 8.94. The Kier molecular flexibility index (Phi) is 11.9. The van der Waals surface area contributed by atoms with E-state index in [0.29, 0.717) is 61.5 Å². The van der Waals surface area contributed by atoms with E-state index in [9.17, 15) is 13.2 Å². The van der Waals surface area contributed by atoms with Gasteiger partial charge in [-0.05, 0) is 45.8 Å². The number of rotatable bonds is 15. The van der Waals surface area contributed by atoms with E-state index in [1.807, 2.05) is 0 Å². The van der Waals surface area contributed by atoms with Crippen molar-refractivity contribution in [2.24, 2.45) is 0 Å². The highest BCUT2D eigenvalue weighted by Crippen LogP contribution is 2.45. The zero-order valence-electron chi connectivity index (χ0n) is 25.3. The number of sulfone groups is 1. The van der Waals surface area contributed by atoms with E-state index in [4.69, 9.17) is 33.2 Å². The fourth-order valence-electron chi connectivity index (χ4n) is 4.20. The summed E-state index contributed by atoms with van der Waals surface area (Å²) in [6, 6.07) is 9.71. The molecule has 0 aliphatic rings. The Balaban J connectivity index is 1.84. The lowest BCUT2D eigenvalue weighted by atomic mass is 10.1. The number of anilines is 1. The van der Waals surface area contributed by atoms with E-state index in [-0.39, 0.29) is 17.1 Å². The largest absolute Gasteiger partial charge is 0.496 e. The molecule has 3 aromatic carbocycles. The molecule has 0 heterocycles. The normalized spacial score (nSPS) is 11.4. The summed E-state index contributed by atoms with van der Waals surface area (Å²) in [5, 5.41) is 4.10. The van der Waals surface area contributed by atoms with Crippen molar-refractivity contribution in [3.05, 3.63) is 75.2 Å². The molecule has 1 N–H and O–H groups in total. The molecule has 0 unspecified atom stereocenters. The summed E-state index contributed by atoms with van der Waals surface area (Å²) in [4.78, 5) is 13.1. The minimum Gasteiger partial charge on any atom is -0.496 e. The Morgan fingerprint density at radius 1 is 0.773 bits per heavy atom. The van der Waals surface area contributed by atoms with Crippen LogP contribution in [0, 0.1) is 0 Å². The van der Waals surface area contributed by atoms with E-state index in [2.05, 4.69) is 21.2 Å². The van der Waals surface area contributed by atoms with Crippen LogP contribution in [0.3, 0.4) is 0 Å². The quantitative estimate of drug-likeness (QED) is 0.151. The van der Waals surface area contributed by atoms with E-state index in [0.717, 1.165) is 5.41 Å². The van der Waals surface area contributed by atoms with Crippen LogP contribution in [0.15, 0.2) is 58.6 Å². The number of ether oxygens (including phenoxy) is 7. The molecule has 0 amide bonds. The van der Waals surface area contributed by atoms with Crippen LogP contribution in [0.4, 0.5) is 5.69 Å². The van der Waals surface area contributed by atoms with Gasteiger partial charge in [-0.3, -0.25) is 4.79 Å². The predicted octanol–water partition coefficient (Wildman–Crippen LogP) is 5.90. The van der Waals surface area contributed by atoms with Crippen LogP contribution in [0.5, 0.6) is 40.2 Å². The van der Waals surface area contributed by atoms with Gasteiger partial charge in [0.2, 0.25) is 5.75 Å². The van der Waals surface area contributed by atoms with Crippen LogP contribution in [0.2, 0.25) is 0 Å². The summed E-state index contributed by atoms with van der Waals surface area (Å²) >= 11 is 3.41. The average Bonchev–Trinajstić information content (AvgIpc) is 3.02. The van der Waals surface area contributed by atoms with Crippen molar-refractivity contribution >= 4 is 43.3 Å². The highest BCUT2D eigenvalue weighted by molar-refractivity contribution is 9.10. The fourth-order valence-corrected chi connectivity index (χ4v) is 5.94. The van der Waals surface area contributed by atoms with E-state index < -0.39 is 9.84 Å². The number of carbonyl (C=O) groups excluding carboxylic acids is 1. The lowest BCUT2D eigenvalue weighted by Gasteiger charge is -2.15. The first-order valence-corrected chi connectivity index (χ1v) is 15.4. The standard InChI is InChI=1S/C31H34BrNO10S/c1-37-20-15-26(39-3)21(27(16-20)40-4)11-13-44(35,36)18-19-8-9-25(38-2)23(14-19)33-12-10-24(34)22-17-28(41-5)30(42-6)31(43-7)29(22)32/h8-17,33H,18H2,1-7H3. The first-order valence-electron chi connectivity index (χ1n) is 12.9. The van der Waals surface area contributed by atoms with Crippen molar-refractivity contribution in [3.8, 4) is 40.2 Å². The molecule has 0 saturated carbocycles. The number of allylic oxidation sites excluding steroid dienone is 1. The number of halogens is 1. The van der Waals surface area contributed by atoms with Gasteiger partial charge in [0.25, 0.3) is 0 Å². The van der Waals surface area contributed by atoms with E-state index >= 15 is 0 Å². The van der Waals surface area contributed by atoms with Crippen LogP contribution in [0.25, 0.3) is 6.08 Å². The minimum absolute atomic E-state index is 0.279. The molecule has 3 aromatic rings. The summed E-state index contributed by atoms with van der Waals surface area (Å²) in [6.45, 7) is 0. The van der Waals surface area contributed by atoms with Gasteiger partial charge in [0.15, 0.2) is 27.1 Å². The van der Waals surface area contributed by atoms with Gasteiger partial charge < -0.3 is 38.5 Å². The molecule has 0 radical (unpaired) electrons. The molecule has 0 aliphatic carbocycles. The number of benzene rings is 3. The molecule has 13 heteroatoms. The number of ketones is 1. The van der Waals surface area contributed by atoms with Gasteiger partial charge in [-0.1, -0.05) is 6.07 Å². The highest BCUT2D eigenvalue weighted by atomic mass is 79.9. The van der Waals surface area contributed by atoms with E-state index in [1.165, 1.54) is 74.2 Å². The van der Waals surface area contributed by atoms with Gasteiger partial charge in [-0.2, -0.15) is 0 Å². The Hall–Kier alpha value is -4.36. The maximum atomic E-state index is 13.1. The molecular formula is C31H34BrNO10S. The Bertz CT molecular complexity index is 1640. The second kappa shape index (κ2) is 15.4. The third kappa shape index (κ3) is 7.97. The topological polar surface area (TPSA) is 128 Å². The number of carbonyl (C=O) groups is 1. The molecule has 3 rings (SSSR count). The number of nitrogens with one attached hydrogen (secondary N) is 1. The lowest BCUT2D eigenvalue weighted by molar-refractivity contribution is 0.104. The van der Waals surface area contributed by atoms with Gasteiger partial charge in [0.1, 0.15) is 23.0 Å². The molecule has 0 atom stereocenters. The molecule has 236 valence electrons. The third-order valence-electron chi connectivity index (χ3n) is 6.34. The maximum absolute atomic E-state index is 13.1. The third-order valence-corrected chi connectivity index (χ3v) is 8.41. The zero-order chi connectivity index (χ0) is 32.4. The molecule has 11 nitrogen and oxygen atoms in total. The van der Waals surface area contributed by atoms with Crippen molar-refractivity contribution in [1.29, 1.82) is 0 Å². The van der Waals surface area contributed by atoms with Crippen molar-refractivity contribution in [2.45, 2.75) is 5.75 Å². The number of hydrogen-bond donors (Lipinski definition) is 1. The van der Waals surface area contributed by atoms with Gasteiger partial charge in [0.05, 0.1) is 71.2 Å². The van der Waals surface area contributed by atoms with Crippen LogP contribution < -0.4 is 38.5 Å². The molecule has 0 aromatic heterocycles.